The number of carboxylic acids is 1. The molecule has 6 heteroatoms. The molecule has 0 atom stereocenters. The molecule has 1 N–H and O–H groups in total. The van der Waals surface area contributed by atoms with E-state index in [0.717, 1.165) is 0 Å². The van der Waals surface area contributed by atoms with Crippen molar-refractivity contribution in [2.24, 2.45) is 5.16 Å². The SMILES string of the molecule is N#CCOc1ccccc1C=NOCC(=O)O. The Kier molecular flexibility index (Phi) is 5.04. The lowest BCUT2D eigenvalue weighted by molar-refractivity contribution is -0.142. The van der Waals surface area contributed by atoms with Crippen LogP contribution >= 0.6 is 0 Å². The summed E-state index contributed by atoms with van der Waals surface area (Å²) in [4.78, 5) is 14.7. The molecular formula is C11H10N2O4. The van der Waals surface area contributed by atoms with E-state index in [-0.39, 0.29) is 6.61 Å². The molecule has 1 rings (SSSR count). The van der Waals surface area contributed by atoms with Gasteiger partial charge in [0.25, 0.3) is 0 Å². The highest BCUT2D eigenvalue weighted by atomic mass is 16.6. The number of benzene rings is 1. The van der Waals surface area contributed by atoms with Crippen LogP contribution in [0.25, 0.3) is 0 Å². The standard InChI is InChI=1S/C11H10N2O4/c12-5-6-16-10-4-2-1-3-9(10)7-13-17-8-11(14)15/h1-4,7H,6,8H2,(H,14,15). The number of nitriles is 1. The van der Waals surface area contributed by atoms with Crippen molar-refractivity contribution in [1.29, 1.82) is 5.26 Å². The van der Waals surface area contributed by atoms with Gasteiger partial charge in [0.2, 0.25) is 6.61 Å². The van der Waals surface area contributed by atoms with Crippen molar-refractivity contribution >= 4 is 12.2 Å². The minimum absolute atomic E-state index is 0.0686. The molecule has 0 aromatic heterocycles. The second kappa shape index (κ2) is 6.85. The fourth-order valence-corrected chi connectivity index (χ4v) is 1.02. The van der Waals surface area contributed by atoms with Gasteiger partial charge < -0.3 is 14.7 Å². The average Bonchev–Trinajstić information content (AvgIpc) is 2.33. The summed E-state index contributed by atoms with van der Waals surface area (Å²) in [6, 6.07) is 8.75. The number of hydrogen-bond acceptors (Lipinski definition) is 5. The summed E-state index contributed by atoms with van der Waals surface area (Å²) in [5.41, 5.74) is 0.605. The summed E-state index contributed by atoms with van der Waals surface area (Å²) >= 11 is 0. The van der Waals surface area contributed by atoms with Gasteiger partial charge in [-0.15, -0.1) is 0 Å². The summed E-state index contributed by atoms with van der Waals surface area (Å²) in [6.07, 6.45) is 1.33. The van der Waals surface area contributed by atoms with Gasteiger partial charge in [-0.2, -0.15) is 5.26 Å². The van der Waals surface area contributed by atoms with E-state index in [1.54, 1.807) is 24.3 Å². The van der Waals surface area contributed by atoms with Gasteiger partial charge in [0.15, 0.2) is 6.61 Å². The first-order valence-electron chi connectivity index (χ1n) is 4.70. The molecule has 6 nitrogen and oxygen atoms in total. The van der Waals surface area contributed by atoms with Gasteiger partial charge >= 0.3 is 5.97 Å². The average molecular weight is 234 g/mol. The first-order chi connectivity index (χ1) is 8.24. The van der Waals surface area contributed by atoms with Crippen molar-refractivity contribution in [3.63, 3.8) is 0 Å². The van der Waals surface area contributed by atoms with Gasteiger partial charge in [0.05, 0.1) is 6.21 Å². The number of para-hydroxylation sites is 1. The molecule has 0 saturated heterocycles. The summed E-state index contributed by atoms with van der Waals surface area (Å²) < 4.78 is 5.14. The van der Waals surface area contributed by atoms with E-state index >= 15 is 0 Å². The number of oxime groups is 1. The third-order valence-corrected chi connectivity index (χ3v) is 1.67. The molecule has 88 valence electrons. The fraction of sp³-hybridized carbons (Fsp3) is 0.182. The quantitative estimate of drug-likeness (QED) is 0.586. The second-order valence-electron chi connectivity index (χ2n) is 2.89. The van der Waals surface area contributed by atoms with Crippen molar-refractivity contribution in [3.8, 4) is 11.8 Å². The predicted molar refractivity (Wildman–Crippen MR) is 58.7 cm³/mol. The maximum Gasteiger partial charge on any atom is 0.344 e. The first-order valence-corrected chi connectivity index (χ1v) is 4.70. The number of aliphatic carboxylic acids is 1. The molecule has 0 radical (unpaired) electrons. The molecule has 0 spiro atoms. The predicted octanol–water partition coefficient (Wildman–Crippen LogP) is 1.02. The minimum atomic E-state index is -1.10. The fourth-order valence-electron chi connectivity index (χ4n) is 1.02. The number of carboxylic acid groups (broad SMARTS) is 1. The molecule has 0 fully saturated rings. The number of nitrogens with zero attached hydrogens (tertiary/aromatic N) is 2. The maximum atomic E-state index is 10.2. The molecule has 1 aromatic rings. The first kappa shape index (κ1) is 12.5. The number of rotatable bonds is 6. The molecule has 0 amide bonds. The zero-order valence-electron chi connectivity index (χ0n) is 8.87. The van der Waals surface area contributed by atoms with Crippen molar-refractivity contribution < 1.29 is 19.5 Å². The van der Waals surface area contributed by atoms with E-state index in [1.807, 2.05) is 6.07 Å². The second-order valence-corrected chi connectivity index (χ2v) is 2.89. The van der Waals surface area contributed by atoms with E-state index in [2.05, 4.69) is 9.99 Å². The van der Waals surface area contributed by atoms with Crippen molar-refractivity contribution in [1.82, 2.24) is 0 Å². The monoisotopic (exact) mass is 234 g/mol. The normalized spacial score (nSPS) is 9.82. The van der Waals surface area contributed by atoms with Crippen LogP contribution in [0, 0.1) is 11.3 Å². The molecule has 0 bridgehead atoms. The van der Waals surface area contributed by atoms with Crippen LogP contribution in [0.15, 0.2) is 29.4 Å². The number of ether oxygens (including phenoxy) is 1. The zero-order chi connectivity index (χ0) is 12.5. The van der Waals surface area contributed by atoms with Crippen molar-refractivity contribution in [3.05, 3.63) is 29.8 Å². The van der Waals surface area contributed by atoms with Crippen LogP contribution in [-0.2, 0) is 9.63 Å². The van der Waals surface area contributed by atoms with E-state index in [1.165, 1.54) is 6.21 Å². The van der Waals surface area contributed by atoms with Crippen LogP contribution in [0.5, 0.6) is 5.75 Å². The van der Waals surface area contributed by atoms with E-state index < -0.39 is 12.6 Å². The van der Waals surface area contributed by atoms with E-state index in [0.29, 0.717) is 11.3 Å². The Labute approximate surface area is 97.7 Å². The molecule has 17 heavy (non-hydrogen) atoms. The van der Waals surface area contributed by atoms with Crippen LogP contribution in [0.2, 0.25) is 0 Å². The Morgan fingerprint density at radius 2 is 2.29 bits per heavy atom. The smallest absolute Gasteiger partial charge is 0.344 e. The molecule has 0 aliphatic carbocycles. The lowest BCUT2D eigenvalue weighted by Gasteiger charge is -2.04. The van der Waals surface area contributed by atoms with Gasteiger partial charge in [0, 0.05) is 5.56 Å². The number of carbonyl (C=O) groups is 1. The Bertz CT molecular complexity index is 451. The van der Waals surface area contributed by atoms with Gasteiger partial charge in [-0.1, -0.05) is 17.3 Å². The summed E-state index contributed by atoms with van der Waals surface area (Å²) in [7, 11) is 0. The van der Waals surface area contributed by atoms with Gasteiger partial charge in [-0.25, -0.2) is 4.79 Å². The third-order valence-electron chi connectivity index (χ3n) is 1.67. The van der Waals surface area contributed by atoms with Crippen LogP contribution < -0.4 is 4.74 Å². The molecule has 0 aliphatic rings. The van der Waals surface area contributed by atoms with Crippen LogP contribution in [-0.4, -0.2) is 30.5 Å². The Balaban J connectivity index is 2.63. The van der Waals surface area contributed by atoms with Gasteiger partial charge in [-0.05, 0) is 12.1 Å². The zero-order valence-corrected chi connectivity index (χ0v) is 8.87. The molecule has 0 aliphatic heterocycles. The Hall–Kier alpha value is -2.55. The molecule has 0 heterocycles. The van der Waals surface area contributed by atoms with Gasteiger partial charge in [-0.3, -0.25) is 0 Å². The summed E-state index contributed by atoms with van der Waals surface area (Å²) in [5.74, 6) is -0.618. The molecular weight excluding hydrogens is 224 g/mol. The highest BCUT2D eigenvalue weighted by Crippen LogP contribution is 2.15. The van der Waals surface area contributed by atoms with E-state index in [4.69, 9.17) is 15.1 Å². The molecule has 0 unspecified atom stereocenters. The van der Waals surface area contributed by atoms with Crippen LogP contribution in [0.1, 0.15) is 5.56 Å². The highest BCUT2D eigenvalue weighted by molar-refractivity contribution is 5.83. The Morgan fingerprint density at radius 1 is 1.53 bits per heavy atom. The van der Waals surface area contributed by atoms with Crippen molar-refractivity contribution in [2.45, 2.75) is 0 Å². The Morgan fingerprint density at radius 3 is 3.00 bits per heavy atom. The summed E-state index contributed by atoms with van der Waals surface area (Å²) in [6.45, 7) is -0.571. The van der Waals surface area contributed by atoms with Crippen LogP contribution in [0.4, 0.5) is 0 Å². The molecule has 1 aromatic carbocycles. The third kappa shape index (κ3) is 4.66. The maximum absolute atomic E-state index is 10.2. The van der Waals surface area contributed by atoms with Crippen LogP contribution in [0.3, 0.4) is 0 Å². The largest absolute Gasteiger partial charge is 0.479 e. The lowest BCUT2D eigenvalue weighted by atomic mass is 10.2. The van der Waals surface area contributed by atoms with Gasteiger partial charge in [0.1, 0.15) is 11.8 Å². The van der Waals surface area contributed by atoms with E-state index in [9.17, 15) is 4.79 Å². The van der Waals surface area contributed by atoms with Crippen molar-refractivity contribution in [2.75, 3.05) is 13.2 Å². The molecule has 0 saturated carbocycles. The highest BCUT2D eigenvalue weighted by Gasteiger charge is 2.00. The summed E-state index contributed by atoms with van der Waals surface area (Å²) in [5, 5.41) is 20.2. The topological polar surface area (TPSA) is 91.9 Å². The minimum Gasteiger partial charge on any atom is -0.479 e. The number of hydrogen-bond donors (Lipinski definition) is 1. The lowest BCUT2D eigenvalue weighted by Crippen LogP contribution is -2.03.